The second-order valence-corrected chi connectivity index (χ2v) is 4.72. The van der Waals surface area contributed by atoms with Crippen LogP contribution in [0.5, 0.6) is 0 Å². The van der Waals surface area contributed by atoms with Crippen molar-refractivity contribution in [3.05, 3.63) is 35.2 Å². The van der Waals surface area contributed by atoms with Crippen LogP contribution in [-0.2, 0) is 4.79 Å². The van der Waals surface area contributed by atoms with Crippen LogP contribution in [0.2, 0.25) is 0 Å². The van der Waals surface area contributed by atoms with E-state index in [1.54, 1.807) is 13.0 Å². The lowest BCUT2D eigenvalue weighted by atomic mass is 9.90. The Bertz CT molecular complexity index is 657. The van der Waals surface area contributed by atoms with Gasteiger partial charge in [0.2, 0.25) is 0 Å². The Labute approximate surface area is 118 Å². The number of aryl methyl sites for hydroxylation is 1. The molecule has 0 saturated carbocycles. The summed E-state index contributed by atoms with van der Waals surface area (Å²) < 4.78 is 40.6. The number of hydrogen-bond acceptors (Lipinski definition) is 3. The van der Waals surface area contributed by atoms with Crippen molar-refractivity contribution in [2.75, 3.05) is 5.32 Å². The smallest absolute Gasteiger partial charge is 0.324 e. The van der Waals surface area contributed by atoms with E-state index in [4.69, 9.17) is 5.26 Å². The molecule has 1 aliphatic rings. The van der Waals surface area contributed by atoms with E-state index >= 15 is 0 Å². The molecule has 1 aromatic heterocycles. The number of carbonyl (C=O) groups is 1. The molecule has 21 heavy (non-hydrogen) atoms. The summed E-state index contributed by atoms with van der Waals surface area (Å²) in [5.74, 6) is -1.34. The Morgan fingerprint density at radius 3 is 2.52 bits per heavy atom. The van der Waals surface area contributed by atoms with Gasteiger partial charge in [0, 0.05) is 11.8 Å². The Morgan fingerprint density at radius 1 is 1.38 bits per heavy atom. The highest BCUT2D eigenvalue weighted by atomic mass is 19.4. The zero-order valence-electron chi connectivity index (χ0n) is 11.2. The predicted molar refractivity (Wildman–Crippen MR) is 66.6 cm³/mol. The van der Waals surface area contributed by atoms with Gasteiger partial charge in [-0.1, -0.05) is 0 Å². The van der Waals surface area contributed by atoms with Crippen molar-refractivity contribution in [1.82, 2.24) is 5.32 Å². The van der Waals surface area contributed by atoms with E-state index in [9.17, 15) is 18.0 Å². The van der Waals surface area contributed by atoms with Crippen molar-refractivity contribution in [2.24, 2.45) is 0 Å². The van der Waals surface area contributed by atoms with Gasteiger partial charge in [-0.25, -0.2) is 10.3 Å². The third-order valence-electron chi connectivity index (χ3n) is 3.22. The van der Waals surface area contributed by atoms with Crippen molar-refractivity contribution in [1.29, 1.82) is 5.26 Å². The number of nitriles is 1. The normalized spacial score (nSPS) is 22.0. The second kappa shape index (κ2) is 4.77. The molecule has 2 heterocycles. The first-order chi connectivity index (χ1) is 9.72. The predicted octanol–water partition coefficient (Wildman–Crippen LogP) is 1.45. The maximum absolute atomic E-state index is 13.5. The molecule has 1 aromatic rings. The summed E-state index contributed by atoms with van der Waals surface area (Å²) in [5, 5.41) is 13.2. The van der Waals surface area contributed by atoms with Gasteiger partial charge in [-0.05, 0) is 25.5 Å². The molecule has 0 bridgehead atoms. The summed E-state index contributed by atoms with van der Waals surface area (Å²) in [7, 11) is 0. The monoisotopic (exact) mass is 297 g/mol. The van der Waals surface area contributed by atoms with E-state index in [1.807, 2.05) is 0 Å². The number of nitrogens with one attached hydrogen (secondary N) is 3. The molecule has 0 radical (unpaired) electrons. The fourth-order valence-electron chi connectivity index (χ4n) is 2.13. The topological polar surface area (TPSA) is 79.1 Å². The molecule has 1 aliphatic heterocycles. The molecule has 0 aromatic carbocycles. The van der Waals surface area contributed by atoms with Crippen molar-refractivity contribution in [2.45, 2.75) is 25.6 Å². The first-order valence-electron chi connectivity index (χ1n) is 5.98. The molecule has 1 amide bonds. The van der Waals surface area contributed by atoms with Crippen molar-refractivity contribution < 1.29 is 22.9 Å². The van der Waals surface area contributed by atoms with Crippen molar-refractivity contribution in [3.63, 3.8) is 0 Å². The van der Waals surface area contributed by atoms with Crippen LogP contribution in [0.1, 0.15) is 12.5 Å². The Kier molecular flexibility index (Phi) is 3.37. The SMILES string of the molecule is CC1=C(C#N)[C@](Nc2ccc(C)c[nH+]2)(C(F)(F)F)C(=O)N1. The van der Waals surface area contributed by atoms with Crippen LogP contribution in [-0.4, -0.2) is 17.6 Å². The Balaban J connectivity index is 2.57. The summed E-state index contributed by atoms with van der Waals surface area (Å²) in [6.45, 7) is 3.01. The number of nitrogens with zero attached hydrogens (tertiary/aromatic N) is 1. The fourth-order valence-corrected chi connectivity index (χ4v) is 2.13. The number of anilines is 1. The van der Waals surface area contributed by atoms with Crippen LogP contribution in [0, 0.1) is 18.3 Å². The largest absolute Gasteiger partial charge is 0.446 e. The van der Waals surface area contributed by atoms with Gasteiger partial charge in [-0.3, -0.25) is 4.79 Å². The molecule has 8 heteroatoms. The minimum atomic E-state index is -4.97. The zero-order valence-corrected chi connectivity index (χ0v) is 11.2. The molecule has 0 spiro atoms. The first kappa shape index (κ1) is 14.8. The number of amides is 1. The lowest BCUT2D eigenvalue weighted by Gasteiger charge is -2.26. The minimum absolute atomic E-state index is 0.0180. The summed E-state index contributed by atoms with van der Waals surface area (Å²) in [5.41, 5.74) is -3.07. The van der Waals surface area contributed by atoms with E-state index in [0.717, 1.165) is 5.56 Å². The minimum Gasteiger partial charge on any atom is -0.324 e. The Hall–Kier alpha value is -2.56. The van der Waals surface area contributed by atoms with E-state index in [0.29, 0.717) is 0 Å². The van der Waals surface area contributed by atoms with Gasteiger partial charge in [-0.2, -0.15) is 18.4 Å². The van der Waals surface area contributed by atoms with Crippen LogP contribution in [0.3, 0.4) is 0 Å². The summed E-state index contributed by atoms with van der Waals surface area (Å²) in [6.07, 6.45) is -3.49. The highest BCUT2D eigenvalue weighted by Gasteiger charge is 2.70. The van der Waals surface area contributed by atoms with Gasteiger partial charge < -0.3 is 5.32 Å². The number of carbonyl (C=O) groups excluding carboxylic acids is 1. The Morgan fingerprint density at radius 2 is 2.05 bits per heavy atom. The quantitative estimate of drug-likeness (QED) is 0.867. The molecule has 110 valence electrons. The molecule has 0 aliphatic carbocycles. The zero-order chi connectivity index (χ0) is 15.8. The van der Waals surface area contributed by atoms with E-state index in [2.05, 4.69) is 15.6 Å². The number of alkyl halides is 3. The number of aromatic amines is 1. The number of hydrogen-bond donors (Lipinski definition) is 2. The van der Waals surface area contributed by atoms with Gasteiger partial charge in [0.05, 0.1) is 6.20 Å². The van der Waals surface area contributed by atoms with Crippen LogP contribution < -0.4 is 15.6 Å². The number of halogens is 3. The van der Waals surface area contributed by atoms with Crippen LogP contribution >= 0.6 is 0 Å². The molecule has 1 atom stereocenters. The number of aromatic nitrogens is 1. The molecule has 0 saturated heterocycles. The van der Waals surface area contributed by atoms with Gasteiger partial charge in [0.15, 0.2) is 0 Å². The number of rotatable bonds is 2. The highest BCUT2D eigenvalue weighted by molar-refractivity contribution is 5.99. The second-order valence-electron chi connectivity index (χ2n) is 4.72. The summed E-state index contributed by atoms with van der Waals surface area (Å²) in [4.78, 5) is 14.5. The van der Waals surface area contributed by atoms with Gasteiger partial charge in [-0.15, -0.1) is 0 Å². The van der Waals surface area contributed by atoms with E-state index in [1.165, 1.54) is 25.3 Å². The van der Waals surface area contributed by atoms with E-state index < -0.39 is 23.2 Å². The average Bonchev–Trinajstić information content (AvgIpc) is 2.63. The van der Waals surface area contributed by atoms with Crippen LogP contribution in [0.15, 0.2) is 29.6 Å². The molecule has 0 unspecified atom stereocenters. The average molecular weight is 297 g/mol. The van der Waals surface area contributed by atoms with Crippen molar-refractivity contribution in [3.8, 4) is 6.07 Å². The molecule has 3 N–H and O–H groups in total. The van der Waals surface area contributed by atoms with Crippen LogP contribution in [0.4, 0.5) is 19.0 Å². The van der Waals surface area contributed by atoms with Crippen LogP contribution in [0.25, 0.3) is 0 Å². The van der Waals surface area contributed by atoms with Gasteiger partial charge in [0.25, 0.3) is 11.7 Å². The fraction of sp³-hybridized carbons (Fsp3) is 0.308. The first-order valence-corrected chi connectivity index (χ1v) is 5.98. The molecule has 2 rings (SSSR count). The summed E-state index contributed by atoms with van der Waals surface area (Å²) in [6, 6.07) is 4.43. The lowest BCUT2D eigenvalue weighted by Crippen LogP contribution is -2.59. The molecular formula is C13H12F3N4O+. The highest BCUT2D eigenvalue weighted by Crippen LogP contribution is 2.42. The van der Waals surface area contributed by atoms with Crippen molar-refractivity contribution >= 4 is 11.7 Å². The third kappa shape index (κ3) is 2.20. The van der Waals surface area contributed by atoms with E-state index in [-0.39, 0.29) is 11.5 Å². The van der Waals surface area contributed by atoms with Gasteiger partial charge >= 0.3 is 11.7 Å². The lowest BCUT2D eigenvalue weighted by molar-refractivity contribution is -0.363. The third-order valence-corrected chi connectivity index (χ3v) is 3.22. The number of pyridine rings is 1. The molecular weight excluding hydrogens is 285 g/mol. The van der Waals surface area contributed by atoms with Gasteiger partial charge in [0.1, 0.15) is 11.6 Å². The number of allylic oxidation sites excluding steroid dienone is 1. The summed E-state index contributed by atoms with van der Waals surface area (Å²) >= 11 is 0. The maximum Gasteiger partial charge on any atom is 0.446 e. The maximum atomic E-state index is 13.5. The molecule has 5 nitrogen and oxygen atoms in total. The molecule has 0 fully saturated rings. The number of H-pyrrole nitrogens is 1. The standard InChI is InChI=1S/C13H11F3N4O/c1-7-3-4-10(18-6-7)20-12(13(14,15)16)9(5-17)8(2)19-11(12)21/h3-4,6H,1-2H3,(H,18,20)(H,19,21)/p+1/t12-/m1/s1.